The van der Waals surface area contributed by atoms with Crippen molar-refractivity contribution in [3.8, 4) is 0 Å². The van der Waals surface area contributed by atoms with Crippen molar-refractivity contribution >= 4 is 11.9 Å². The number of rotatable bonds is 3. The van der Waals surface area contributed by atoms with E-state index in [0.29, 0.717) is 12.5 Å². The molecule has 92 valence electrons. The second-order valence-corrected chi connectivity index (χ2v) is 4.23. The SMILES string of the molecule is NC1CCN(CC(=O)Nc2ncccn2)CC1. The quantitative estimate of drug-likeness (QED) is 0.760. The maximum Gasteiger partial charge on any atom is 0.240 e. The van der Waals surface area contributed by atoms with E-state index in [0.717, 1.165) is 25.9 Å². The number of nitrogens with two attached hydrogens (primary N) is 1. The fraction of sp³-hybridized carbons (Fsp3) is 0.545. The first-order valence-electron chi connectivity index (χ1n) is 5.79. The molecule has 17 heavy (non-hydrogen) atoms. The van der Waals surface area contributed by atoms with E-state index in [1.807, 2.05) is 0 Å². The number of hydrogen-bond donors (Lipinski definition) is 2. The third-order valence-electron chi connectivity index (χ3n) is 2.82. The minimum atomic E-state index is -0.0772. The van der Waals surface area contributed by atoms with E-state index in [-0.39, 0.29) is 11.9 Å². The molecule has 6 nitrogen and oxygen atoms in total. The van der Waals surface area contributed by atoms with Gasteiger partial charge in [0.2, 0.25) is 11.9 Å². The van der Waals surface area contributed by atoms with Gasteiger partial charge in [-0.1, -0.05) is 0 Å². The Morgan fingerprint density at radius 2 is 2.06 bits per heavy atom. The van der Waals surface area contributed by atoms with Gasteiger partial charge in [0.1, 0.15) is 0 Å². The van der Waals surface area contributed by atoms with Gasteiger partial charge in [-0.3, -0.25) is 15.0 Å². The van der Waals surface area contributed by atoms with Gasteiger partial charge in [0, 0.05) is 31.5 Å². The molecule has 0 aliphatic carbocycles. The predicted octanol–water partition coefficient (Wildman–Crippen LogP) is -0.162. The molecule has 1 aliphatic rings. The number of piperidine rings is 1. The molecule has 6 heteroatoms. The molecule has 0 spiro atoms. The standard InChI is InChI=1S/C11H17N5O/c12-9-2-6-16(7-3-9)8-10(17)15-11-13-4-1-5-14-11/h1,4-5,9H,2-3,6-8,12H2,(H,13,14,15,17). The lowest BCUT2D eigenvalue weighted by atomic mass is 10.1. The van der Waals surface area contributed by atoms with Gasteiger partial charge in [-0.2, -0.15) is 0 Å². The van der Waals surface area contributed by atoms with Crippen molar-refractivity contribution in [1.82, 2.24) is 14.9 Å². The normalized spacial score (nSPS) is 17.9. The van der Waals surface area contributed by atoms with Crippen LogP contribution in [-0.2, 0) is 4.79 Å². The Morgan fingerprint density at radius 3 is 2.71 bits per heavy atom. The Hall–Kier alpha value is -1.53. The topological polar surface area (TPSA) is 84.1 Å². The first-order chi connectivity index (χ1) is 8.24. The van der Waals surface area contributed by atoms with Crippen LogP contribution in [0.4, 0.5) is 5.95 Å². The molecule has 2 heterocycles. The van der Waals surface area contributed by atoms with Gasteiger partial charge in [0.25, 0.3) is 0 Å². The molecule has 0 aromatic carbocycles. The first kappa shape index (κ1) is 11.9. The molecule has 1 fully saturated rings. The lowest BCUT2D eigenvalue weighted by Crippen LogP contribution is -2.43. The Kier molecular flexibility index (Phi) is 4.00. The van der Waals surface area contributed by atoms with Crippen molar-refractivity contribution in [1.29, 1.82) is 0 Å². The molecule has 1 aliphatic heterocycles. The summed E-state index contributed by atoms with van der Waals surface area (Å²) < 4.78 is 0. The second kappa shape index (κ2) is 5.70. The average Bonchev–Trinajstić information content (AvgIpc) is 2.33. The Balaban J connectivity index is 1.78. The Bertz CT molecular complexity index is 361. The van der Waals surface area contributed by atoms with Crippen LogP contribution >= 0.6 is 0 Å². The number of aromatic nitrogens is 2. The Labute approximate surface area is 100 Å². The molecule has 1 aromatic heterocycles. The first-order valence-corrected chi connectivity index (χ1v) is 5.79. The summed E-state index contributed by atoms with van der Waals surface area (Å²) in [7, 11) is 0. The average molecular weight is 235 g/mol. The van der Waals surface area contributed by atoms with Gasteiger partial charge in [0.15, 0.2) is 0 Å². The number of carbonyl (C=O) groups excluding carboxylic acids is 1. The molecular formula is C11H17N5O. The van der Waals surface area contributed by atoms with E-state index in [2.05, 4.69) is 20.2 Å². The van der Waals surface area contributed by atoms with Crippen LogP contribution in [0.15, 0.2) is 18.5 Å². The van der Waals surface area contributed by atoms with E-state index in [1.54, 1.807) is 18.5 Å². The molecule has 0 atom stereocenters. The minimum Gasteiger partial charge on any atom is -0.328 e. The van der Waals surface area contributed by atoms with Crippen LogP contribution in [0.5, 0.6) is 0 Å². The number of anilines is 1. The number of hydrogen-bond acceptors (Lipinski definition) is 5. The summed E-state index contributed by atoms with van der Waals surface area (Å²) in [4.78, 5) is 21.7. The number of amides is 1. The molecule has 0 saturated carbocycles. The summed E-state index contributed by atoms with van der Waals surface area (Å²) in [5.41, 5.74) is 5.80. The zero-order valence-electron chi connectivity index (χ0n) is 9.67. The van der Waals surface area contributed by atoms with Crippen molar-refractivity contribution in [3.63, 3.8) is 0 Å². The van der Waals surface area contributed by atoms with Crippen molar-refractivity contribution in [2.75, 3.05) is 25.0 Å². The number of nitrogens with zero attached hydrogens (tertiary/aromatic N) is 3. The summed E-state index contributed by atoms with van der Waals surface area (Å²) in [6.45, 7) is 2.14. The van der Waals surface area contributed by atoms with E-state index in [1.165, 1.54) is 0 Å². The number of likely N-dealkylation sites (tertiary alicyclic amines) is 1. The monoisotopic (exact) mass is 235 g/mol. The summed E-state index contributed by atoms with van der Waals surface area (Å²) in [5, 5.41) is 2.67. The highest BCUT2D eigenvalue weighted by Gasteiger charge is 2.18. The molecule has 1 amide bonds. The fourth-order valence-corrected chi connectivity index (χ4v) is 1.84. The van der Waals surface area contributed by atoms with Crippen LogP contribution in [0.3, 0.4) is 0 Å². The molecule has 1 saturated heterocycles. The fourth-order valence-electron chi connectivity index (χ4n) is 1.84. The lowest BCUT2D eigenvalue weighted by molar-refractivity contribution is -0.117. The van der Waals surface area contributed by atoms with Gasteiger partial charge in [-0.25, -0.2) is 9.97 Å². The van der Waals surface area contributed by atoms with Crippen LogP contribution in [0.25, 0.3) is 0 Å². The van der Waals surface area contributed by atoms with E-state index in [4.69, 9.17) is 5.73 Å². The smallest absolute Gasteiger partial charge is 0.240 e. The highest BCUT2D eigenvalue weighted by molar-refractivity contribution is 5.90. The highest BCUT2D eigenvalue weighted by atomic mass is 16.2. The predicted molar refractivity (Wildman–Crippen MR) is 64.3 cm³/mol. The van der Waals surface area contributed by atoms with Crippen molar-refractivity contribution in [2.45, 2.75) is 18.9 Å². The molecular weight excluding hydrogens is 218 g/mol. The third-order valence-corrected chi connectivity index (χ3v) is 2.82. The zero-order chi connectivity index (χ0) is 12.1. The maximum atomic E-state index is 11.7. The third kappa shape index (κ3) is 3.76. The molecule has 1 aromatic rings. The van der Waals surface area contributed by atoms with Crippen LogP contribution in [-0.4, -0.2) is 46.5 Å². The largest absolute Gasteiger partial charge is 0.328 e. The van der Waals surface area contributed by atoms with Crippen molar-refractivity contribution in [2.24, 2.45) is 5.73 Å². The molecule has 0 radical (unpaired) electrons. The van der Waals surface area contributed by atoms with E-state index in [9.17, 15) is 4.79 Å². The summed E-state index contributed by atoms with van der Waals surface area (Å²) in [6, 6.07) is 1.99. The van der Waals surface area contributed by atoms with Gasteiger partial charge in [-0.05, 0) is 18.9 Å². The molecule has 3 N–H and O–H groups in total. The minimum absolute atomic E-state index is 0.0772. The van der Waals surface area contributed by atoms with Crippen LogP contribution in [0, 0.1) is 0 Å². The Morgan fingerprint density at radius 1 is 1.41 bits per heavy atom. The van der Waals surface area contributed by atoms with Crippen LogP contribution < -0.4 is 11.1 Å². The molecule has 0 bridgehead atoms. The van der Waals surface area contributed by atoms with Crippen LogP contribution in [0.2, 0.25) is 0 Å². The van der Waals surface area contributed by atoms with Crippen LogP contribution in [0.1, 0.15) is 12.8 Å². The molecule has 2 rings (SSSR count). The van der Waals surface area contributed by atoms with E-state index < -0.39 is 0 Å². The number of nitrogens with one attached hydrogen (secondary N) is 1. The lowest BCUT2D eigenvalue weighted by Gasteiger charge is -2.29. The van der Waals surface area contributed by atoms with Gasteiger partial charge >= 0.3 is 0 Å². The van der Waals surface area contributed by atoms with Gasteiger partial charge in [-0.15, -0.1) is 0 Å². The summed E-state index contributed by atoms with van der Waals surface area (Å²) in [6.07, 6.45) is 5.11. The number of carbonyl (C=O) groups is 1. The maximum absolute atomic E-state index is 11.7. The van der Waals surface area contributed by atoms with Crippen molar-refractivity contribution in [3.05, 3.63) is 18.5 Å². The van der Waals surface area contributed by atoms with Gasteiger partial charge < -0.3 is 5.73 Å². The second-order valence-electron chi connectivity index (χ2n) is 4.23. The van der Waals surface area contributed by atoms with E-state index >= 15 is 0 Å². The summed E-state index contributed by atoms with van der Waals surface area (Å²) >= 11 is 0. The summed E-state index contributed by atoms with van der Waals surface area (Å²) in [5.74, 6) is 0.276. The highest BCUT2D eigenvalue weighted by Crippen LogP contribution is 2.07. The van der Waals surface area contributed by atoms with Crippen molar-refractivity contribution < 1.29 is 4.79 Å². The van der Waals surface area contributed by atoms with Gasteiger partial charge in [0.05, 0.1) is 6.54 Å². The zero-order valence-corrected chi connectivity index (χ0v) is 9.67. The molecule has 0 unspecified atom stereocenters.